The number of fused-ring (bicyclic) bond motifs is 1. The highest BCUT2D eigenvalue weighted by Gasteiger charge is 2.70. The molecule has 0 bridgehead atoms. The Bertz CT molecular complexity index is 214. The summed E-state index contributed by atoms with van der Waals surface area (Å²) in [6.45, 7) is 0. The molecule has 2 aliphatic rings. The van der Waals surface area contributed by atoms with Gasteiger partial charge in [-0.3, -0.25) is 4.79 Å². The van der Waals surface area contributed by atoms with Crippen molar-refractivity contribution in [1.29, 1.82) is 0 Å². The fourth-order valence-electron chi connectivity index (χ4n) is 2.17. The number of alkyl halides is 2. The van der Waals surface area contributed by atoms with Crippen LogP contribution in [0.3, 0.4) is 0 Å². The summed E-state index contributed by atoms with van der Waals surface area (Å²) in [7, 11) is 0. The highest BCUT2D eigenvalue weighted by molar-refractivity contribution is 5.75. The maximum absolute atomic E-state index is 12.7. The number of carbonyl (C=O) groups is 1. The Hall–Kier alpha value is -0.670. The molecule has 11 heavy (non-hydrogen) atoms. The summed E-state index contributed by atoms with van der Waals surface area (Å²) < 4.78 is 25.5. The number of carboxylic acid groups (broad SMARTS) is 1. The van der Waals surface area contributed by atoms with E-state index in [1.807, 2.05) is 0 Å². The normalized spacial score (nSPS) is 45.1. The smallest absolute Gasteiger partial charge is 0.307 e. The molecule has 3 atom stereocenters. The van der Waals surface area contributed by atoms with Crippen LogP contribution in [-0.4, -0.2) is 17.0 Å². The first-order valence-electron chi connectivity index (χ1n) is 3.64. The van der Waals surface area contributed by atoms with Gasteiger partial charge < -0.3 is 5.11 Å². The van der Waals surface area contributed by atoms with E-state index in [-0.39, 0.29) is 12.3 Å². The molecule has 0 aromatic rings. The van der Waals surface area contributed by atoms with E-state index >= 15 is 0 Å². The van der Waals surface area contributed by atoms with E-state index in [4.69, 9.17) is 5.11 Å². The van der Waals surface area contributed by atoms with Crippen LogP contribution in [0.5, 0.6) is 0 Å². The van der Waals surface area contributed by atoms with Crippen molar-refractivity contribution in [3.63, 3.8) is 0 Å². The van der Waals surface area contributed by atoms with Gasteiger partial charge in [-0.05, 0) is 12.3 Å². The van der Waals surface area contributed by atoms with Gasteiger partial charge in [0.2, 0.25) is 0 Å². The van der Waals surface area contributed by atoms with Crippen LogP contribution in [-0.2, 0) is 4.79 Å². The molecule has 0 aromatic heterocycles. The molecule has 0 saturated heterocycles. The van der Waals surface area contributed by atoms with Gasteiger partial charge in [-0.2, -0.15) is 0 Å². The van der Waals surface area contributed by atoms with E-state index in [1.54, 1.807) is 0 Å². The summed E-state index contributed by atoms with van der Waals surface area (Å²) in [5.41, 5.74) is 0. The van der Waals surface area contributed by atoms with Crippen LogP contribution >= 0.6 is 0 Å². The van der Waals surface area contributed by atoms with E-state index in [0.717, 1.165) is 0 Å². The van der Waals surface area contributed by atoms with Gasteiger partial charge in [0, 0.05) is 12.3 Å². The lowest BCUT2D eigenvalue weighted by molar-refractivity contribution is -0.141. The second-order valence-electron chi connectivity index (χ2n) is 3.35. The Morgan fingerprint density at radius 1 is 1.55 bits per heavy atom. The number of aliphatic carboxylic acids is 1. The molecule has 0 spiro atoms. The summed E-state index contributed by atoms with van der Waals surface area (Å²) in [4.78, 5) is 10.3. The summed E-state index contributed by atoms with van der Waals surface area (Å²) in [6.07, 6.45) is 0.265. The van der Waals surface area contributed by atoms with Gasteiger partial charge >= 0.3 is 5.97 Å². The minimum absolute atomic E-state index is 0.119. The average Bonchev–Trinajstić information content (AvgIpc) is 2.51. The first-order valence-corrected chi connectivity index (χ1v) is 3.64. The van der Waals surface area contributed by atoms with Gasteiger partial charge in [0.15, 0.2) is 0 Å². The molecule has 0 amide bonds. The molecule has 1 N–H and O–H groups in total. The van der Waals surface area contributed by atoms with E-state index in [2.05, 4.69) is 0 Å². The third kappa shape index (κ3) is 0.781. The monoisotopic (exact) mass is 162 g/mol. The second-order valence-corrected chi connectivity index (χ2v) is 3.35. The highest BCUT2D eigenvalue weighted by atomic mass is 19.3. The zero-order valence-electron chi connectivity index (χ0n) is 5.76. The van der Waals surface area contributed by atoms with E-state index in [1.165, 1.54) is 0 Å². The van der Waals surface area contributed by atoms with Gasteiger partial charge in [-0.15, -0.1) is 0 Å². The fourth-order valence-corrected chi connectivity index (χ4v) is 2.17. The summed E-state index contributed by atoms with van der Waals surface area (Å²) in [5.74, 6) is -5.59. The minimum atomic E-state index is -2.70. The summed E-state index contributed by atoms with van der Waals surface area (Å²) in [6, 6.07) is 0. The van der Waals surface area contributed by atoms with E-state index < -0.39 is 23.7 Å². The predicted octanol–water partition coefficient (Wildman–Crippen LogP) is 1.36. The van der Waals surface area contributed by atoms with Gasteiger partial charge in [-0.25, -0.2) is 8.78 Å². The summed E-state index contributed by atoms with van der Waals surface area (Å²) in [5, 5.41) is 8.46. The third-order valence-electron chi connectivity index (χ3n) is 2.75. The number of carboxylic acids is 1. The molecule has 0 heterocycles. The van der Waals surface area contributed by atoms with Crippen molar-refractivity contribution in [1.82, 2.24) is 0 Å². The van der Waals surface area contributed by atoms with Crippen molar-refractivity contribution >= 4 is 5.97 Å². The first-order chi connectivity index (χ1) is 5.04. The molecular weight excluding hydrogens is 154 g/mol. The van der Waals surface area contributed by atoms with Crippen LogP contribution in [0.4, 0.5) is 8.78 Å². The standard InChI is InChI=1S/C7H8F2O2/c8-7(9)2-1-3-4(5(3)7)6(10)11/h3-5H,1-2H2,(H,10,11). The number of halogens is 2. The lowest BCUT2D eigenvalue weighted by atomic mass is 10.1. The van der Waals surface area contributed by atoms with Crippen molar-refractivity contribution in [2.75, 3.05) is 0 Å². The zero-order chi connectivity index (χ0) is 8.22. The second kappa shape index (κ2) is 1.73. The molecule has 2 nitrogen and oxygen atoms in total. The maximum atomic E-state index is 12.7. The number of rotatable bonds is 1. The Morgan fingerprint density at radius 2 is 2.18 bits per heavy atom. The maximum Gasteiger partial charge on any atom is 0.307 e. The molecular formula is C7H8F2O2. The van der Waals surface area contributed by atoms with Gasteiger partial charge in [-0.1, -0.05) is 0 Å². The van der Waals surface area contributed by atoms with Crippen molar-refractivity contribution in [2.45, 2.75) is 18.8 Å². The van der Waals surface area contributed by atoms with Crippen molar-refractivity contribution in [3.8, 4) is 0 Å². The quantitative estimate of drug-likeness (QED) is 0.632. The minimum Gasteiger partial charge on any atom is -0.481 e. The van der Waals surface area contributed by atoms with Crippen LogP contribution in [0.2, 0.25) is 0 Å². The van der Waals surface area contributed by atoms with Crippen molar-refractivity contribution in [3.05, 3.63) is 0 Å². The fraction of sp³-hybridized carbons (Fsp3) is 0.857. The van der Waals surface area contributed by atoms with Crippen LogP contribution in [0, 0.1) is 17.8 Å². The largest absolute Gasteiger partial charge is 0.481 e. The molecule has 0 aromatic carbocycles. The predicted molar refractivity (Wildman–Crippen MR) is 32.3 cm³/mol. The Kier molecular flexibility index (Phi) is 1.10. The van der Waals surface area contributed by atoms with Gasteiger partial charge in [0.1, 0.15) is 0 Å². The molecule has 3 unspecified atom stereocenters. The molecule has 62 valence electrons. The average molecular weight is 162 g/mol. The van der Waals surface area contributed by atoms with Gasteiger partial charge in [0.25, 0.3) is 5.92 Å². The highest BCUT2D eigenvalue weighted by Crippen LogP contribution is 2.64. The third-order valence-corrected chi connectivity index (χ3v) is 2.75. The Balaban J connectivity index is 2.13. The lowest BCUT2D eigenvalue weighted by Gasteiger charge is -2.10. The first kappa shape index (κ1) is 7.00. The van der Waals surface area contributed by atoms with Gasteiger partial charge in [0.05, 0.1) is 5.92 Å². The van der Waals surface area contributed by atoms with Crippen LogP contribution in [0.15, 0.2) is 0 Å². The molecule has 4 heteroatoms. The molecule has 2 saturated carbocycles. The van der Waals surface area contributed by atoms with E-state index in [9.17, 15) is 13.6 Å². The molecule has 0 radical (unpaired) electrons. The van der Waals surface area contributed by atoms with Crippen LogP contribution in [0.1, 0.15) is 12.8 Å². The van der Waals surface area contributed by atoms with Crippen LogP contribution in [0.25, 0.3) is 0 Å². The molecule has 0 aliphatic heterocycles. The molecule has 2 rings (SSSR count). The molecule has 2 aliphatic carbocycles. The van der Waals surface area contributed by atoms with E-state index in [0.29, 0.717) is 6.42 Å². The Labute approximate surface area is 62.2 Å². The summed E-state index contributed by atoms with van der Waals surface area (Å²) >= 11 is 0. The SMILES string of the molecule is O=C(O)C1C2CCC(F)(F)C21. The molecule has 2 fully saturated rings. The lowest BCUT2D eigenvalue weighted by Crippen LogP contribution is -2.19. The van der Waals surface area contributed by atoms with Crippen molar-refractivity contribution in [2.24, 2.45) is 17.8 Å². The van der Waals surface area contributed by atoms with Crippen LogP contribution < -0.4 is 0 Å². The Morgan fingerprint density at radius 3 is 2.45 bits per heavy atom. The number of hydrogen-bond acceptors (Lipinski definition) is 1. The topological polar surface area (TPSA) is 37.3 Å². The van der Waals surface area contributed by atoms with Crippen molar-refractivity contribution < 1.29 is 18.7 Å². The zero-order valence-corrected chi connectivity index (χ0v) is 5.76. The number of hydrogen-bond donors (Lipinski definition) is 1.